The van der Waals surface area contributed by atoms with Crippen molar-refractivity contribution in [3.05, 3.63) is 0 Å². The van der Waals surface area contributed by atoms with Crippen molar-refractivity contribution in [3.8, 4) is 0 Å². The van der Waals surface area contributed by atoms with E-state index in [0.717, 1.165) is 25.7 Å². The van der Waals surface area contributed by atoms with E-state index in [0.29, 0.717) is 6.10 Å². The number of hydrogen-bond donors (Lipinski definition) is 1. The predicted octanol–water partition coefficient (Wildman–Crippen LogP) is 2.15. The lowest BCUT2D eigenvalue weighted by Gasteiger charge is -2.37. The maximum atomic E-state index is 5.84. The van der Waals surface area contributed by atoms with Crippen LogP contribution in [0.25, 0.3) is 0 Å². The highest BCUT2D eigenvalue weighted by Gasteiger charge is 2.35. The first-order valence-electron chi connectivity index (χ1n) is 7.47. The fourth-order valence-corrected chi connectivity index (χ4v) is 3.27. The van der Waals surface area contributed by atoms with Crippen molar-refractivity contribution in [2.45, 2.75) is 63.5 Å². The van der Waals surface area contributed by atoms with E-state index >= 15 is 0 Å². The fraction of sp³-hybridized carbons (Fsp3) is 1.00. The van der Waals surface area contributed by atoms with Crippen LogP contribution in [-0.2, 0) is 4.74 Å². The van der Waals surface area contributed by atoms with E-state index in [9.17, 15) is 0 Å². The van der Waals surface area contributed by atoms with Crippen LogP contribution in [0.1, 0.15) is 51.4 Å². The second-order valence-electron chi connectivity index (χ2n) is 5.50. The van der Waals surface area contributed by atoms with Gasteiger partial charge in [-0.25, -0.2) is 0 Å². The van der Waals surface area contributed by atoms with Crippen LogP contribution in [0.2, 0.25) is 0 Å². The average molecular weight is 240 g/mol. The van der Waals surface area contributed by atoms with E-state index in [-0.39, 0.29) is 0 Å². The zero-order chi connectivity index (χ0) is 11.9. The summed E-state index contributed by atoms with van der Waals surface area (Å²) in [6, 6.07) is 0.743. The number of unbranched alkanes of at least 4 members (excludes halogenated alkanes) is 4. The summed E-state index contributed by atoms with van der Waals surface area (Å²) < 4.78 is 5.84. The zero-order valence-corrected chi connectivity index (χ0v) is 11.1. The van der Waals surface area contributed by atoms with Crippen molar-refractivity contribution >= 4 is 0 Å². The third kappa shape index (κ3) is 3.94. The Morgan fingerprint density at radius 3 is 2.76 bits per heavy atom. The lowest BCUT2D eigenvalue weighted by Crippen LogP contribution is -2.48. The summed E-state index contributed by atoms with van der Waals surface area (Å²) >= 11 is 0. The number of morpholine rings is 1. The van der Waals surface area contributed by atoms with Crippen LogP contribution >= 0.6 is 0 Å². The molecule has 2 N–H and O–H groups in total. The number of nitrogens with zero attached hydrogens (tertiary/aromatic N) is 1. The van der Waals surface area contributed by atoms with E-state index in [1.54, 1.807) is 0 Å². The van der Waals surface area contributed by atoms with Gasteiger partial charge in [0.15, 0.2) is 0 Å². The fourth-order valence-electron chi connectivity index (χ4n) is 3.27. The molecule has 3 heteroatoms. The van der Waals surface area contributed by atoms with Crippen LogP contribution < -0.4 is 5.73 Å². The SMILES string of the molecule is NCCCCCCCN1CCOC2CCCC21. The summed E-state index contributed by atoms with van der Waals surface area (Å²) in [6.45, 7) is 4.25. The van der Waals surface area contributed by atoms with Gasteiger partial charge in [0.1, 0.15) is 0 Å². The highest BCUT2D eigenvalue weighted by atomic mass is 16.5. The Labute approximate surface area is 106 Å². The van der Waals surface area contributed by atoms with Gasteiger partial charge in [-0.05, 0) is 45.2 Å². The molecule has 2 rings (SSSR count). The molecule has 2 unspecified atom stereocenters. The van der Waals surface area contributed by atoms with E-state index in [4.69, 9.17) is 10.5 Å². The van der Waals surface area contributed by atoms with Crippen molar-refractivity contribution in [3.63, 3.8) is 0 Å². The van der Waals surface area contributed by atoms with Crippen molar-refractivity contribution in [1.82, 2.24) is 4.90 Å². The molecule has 0 spiro atoms. The molecule has 100 valence electrons. The van der Waals surface area contributed by atoms with E-state index in [1.165, 1.54) is 57.9 Å². The van der Waals surface area contributed by atoms with E-state index < -0.39 is 0 Å². The minimum absolute atomic E-state index is 0.556. The Hall–Kier alpha value is -0.120. The highest BCUT2D eigenvalue weighted by Crippen LogP contribution is 2.29. The summed E-state index contributed by atoms with van der Waals surface area (Å²) in [7, 11) is 0. The van der Waals surface area contributed by atoms with Gasteiger partial charge in [-0.2, -0.15) is 0 Å². The average Bonchev–Trinajstić information content (AvgIpc) is 2.82. The van der Waals surface area contributed by atoms with Crippen molar-refractivity contribution in [2.75, 3.05) is 26.2 Å². The molecule has 0 aromatic heterocycles. The van der Waals surface area contributed by atoms with Gasteiger partial charge in [0.2, 0.25) is 0 Å². The molecule has 17 heavy (non-hydrogen) atoms. The smallest absolute Gasteiger partial charge is 0.0730 e. The second-order valence-corrected chi connectivity index (χ2v) is 5.50. The molecule has 2 aliphatic rings. The van der Waals surface area contributed by atoms with Crippen LogP contribution in [-0.4, -0.2) is 43.3 Å². The van der Waals surface area contributed by atoms with Crippen LogP contribution in [0.15, 0.2) is 0 Å². The van der Waals surface area contributed by atoms with Crippen molar-refractivity contribution in [2.24, 2.45) is 5.73 Å². The monoisotopic (exact) mass is 240 g/mol. The molecule has 1 heterocycles. The van der Waals surface area contributed by atoms with Gasteiger partial charge in [-0.3, -0.25) is 4.90 Å². The lowest BCUT2D eigenvalue weighted by atomic mass is 10.1. The van der Waals surface area contributed by atoms with E-state index in [2.05, 4.69) is 4.90 Å². The minimum Gasteiger partial charge on any atom is -0.375 e. The zero-order valence-electron chi connectivity index (χ0n) is 11.1. The molecule has 0 amide bonds. The van der Waals surface area contributed by atoms with Crippen LogP contribution in [0.3, 0.4) is 0 Å². The topological polar surface area (TPSA) is 38.5 Å². The molecule has 1 aliphatic heterocycles. The summed E-state index contributed by atoms with van der Waals surface area (Å²) in [6.07, 6.45) is 11.2. The molecule has 0 aromatic carbocycles. The minimum atomic E-state index is 0.556. The lowest BCUT2D eigenvalue weighted by molar-refractivity contribution is -0.0558. The molecule has 2 atom stereocenters. The Morgan fingerprint density at radius 2 is 1.88 bits per heavy atom. The van der Waals surface area contributed by atoms with E-state index in [1.807, 2.05) is 0 Å². The maximum absolute atomic E-state index is 5.84. The Morgan fingerprint density at radius 1 is 1.06 bits per heavy atom. The number of rotatable bonds is 7. The quantitative estimate of drug-likeness (QED) is 0.693. The van der Waals surface area contributed by atoms with Gasteiger partial charge in [0.25, 0.3) is 0 Å². The molecule has 0 radical (unpaired) electrons. The molecular formula is C14H28N2O. The van der Waals surface area contributed by atoms with Crippen LogP contribution in [0, 0.1) is 0 Å². The van der Waals surface area contributed by atoms with Crippen molar-refractivity contribution < 1.29 is 4.74 Å². The maximum Gasteiger partial charge on any atom is 0.0730 e. The summed E-state index contributed by atoms with van der Waals surface area (Å²) in [5.41, 5.74) is 5.50. The number of hydrogen-bond acceptors (Lipinski definition) is 3. The van der Waals surface area contributed by atoms with Crippen LogP contribution in [0.4, 0.5) is 0 Å². The van der Waals surface area contributed by atoms with Gasteiger partial charge in [-0.1, -0.05) is 19.3 Å². The van der Waals surface area contributed by atoms with Gasteiger partial charge in [0, 0.05) is 12.6 Å². The number of nitrogens with two attached hydrogens (primary N) is 1. The largest absolute Gasteiger partial charge is 0.375 e. The van der Waals surface area contributed by atoms with Gasteiger partial charge in [-0.15, -0.1) is 0 Å². The molecule has 1 saturated heterocycles. The molecule has 0 aromatic rings. The molecule has 2 fully saturated rings. The first-order valence-corrected chi connectivity index (χ1v) is 7.47. The van der Waals surface area contributed by atoms with Crippen LogP contribution in [0.5, 0.6) is 0 Å². The number of ether oxygens (including phenoxy) is 1. The molecule has 1 saturated carbocycles. The Balaban J connectivity index is 1.58. The molecule has 1 aliphatic carbocycles. The third-order valence-electron chi connectivity index (χ3n) is 4.25. The standard InChI is InChI=1S/C14H28N2O/c15-9-4-2-1-3-5-10-16-11-12-17-14-8-6-7-13(14)16/h13-14H,1-12,15H2. The van der Waals surface area contributed by atoms with Crippen molar-refractivity contribution in [1.29, 1.82) is 0 Å². The summed E-state index contributed by atoms with van der Waals surface area (Å²) in [5.74, 6) is 0. The first kappa shape index (κ1) is 13.3. The predicted molar refractivity (Wildman–Crippen MR) is 71.1 cm³/mol. The Bertz CT molecular complexity index is 210. The summed E-state index contributed by atoms with van der Waals surface area (Å²) in [4.78, 5) is 2.68. The number of fused-ring (bicyclic) bond motifs is 1. The molecule has 0 bridgehead atoms. The van der Waals surface area contributed by atoms with Gasteiger partial charge < -0.3 is 10.5 Å². The molecular weight excluding hydrogens is 212 g/mol. The van der Waals surface area contributed by atoms with Gasteiger partial charge in [0.05, 0.1) is 12.7 Å². The third-order valence-corrected chi connectivity index (χ3v) is 4.25. The first-order chi connectivity index (χ1) is 8.42. The summed E-state index contributed by atoms with van der Waals surface area (Å²) in [5, 5.41) is 0. The Kier molecular flexibility index (Phi) is 5.75. The second kappa shape index (κ2) is 7.34. The highest BCUT2D eigenvalue weighted by molar-refractivity contribution is 4.89. The molecule has 3 nitrogen and oxygen atoms in total. The normalized spacial score (nSPS) is 29.5. The van der Waals surface area contributed by atoms with Gasteiger partial charge >= 0.3 is 0 Å².